The Morgan fingerprint density at radius 3 is 2.40 bits per heavy atom. The van der Waals surface area contributed by atoms with Crippen LogP contribution < -0.4 is 5.32 Å². The van der Waals surface area contributed by atoms with E-state index in [4.69, 9.17) is 0 Å². The van der Waals surface area contributed by atoms with Crippen molar-refractivity contribution in [2.75, 3.05) is 13.1 Å². The molecule has 0 saturated carbocycles. The molecule has 4 heteroatoms. The predicted octanol–water partition coefficient (Wildman–Crippen LogP) is 3.42. The first-order valence-electron chi connectivity index (χ1n) is 8.93. The summed E-state index contributed by atoms with van der Waals surface area (Å²) in [6.45, 7) is 4.15. The lowest BCUT2D eigenvalue weighted by atomic mass is 9.99. The lowest BCUT2D eigenvalue weighted by Crippen LogP contribution is -2.36. The van der Waals surface area contributed by atoms with E-state index in [0.717, 1.165) is 25.8 Å². The van der Waals surface area contributed by atoms with Crippen LogP contribution in [0.1, 0.15) is 51.6 Å². The number of fused-ring (bicyclic) bond motifs is 1. The van der Waals surface area contributed by atoms with Crippen LogP contribution in [0.15, 0.2) is 48.5 Å². The lowest BCUT2D eigenvalue weighted by molar-refractivity contribution is 0.0734. The van der Waals surface area contributed by atoms with Crippen LogP contribution in [0.4, 0.5) is 0 Å². The first kappa shape index (κ1) is 17.2. The van der Waals surface area contributed by atoms with Crippen LogP contribution in [0.5, 0.6) is 0 Å². The Hall–Kier alpha value is -2.62. The summed E-state index contributed by atoms with van der Waals surface area (Å²) in [6, 6.07) is 15.2. The summed E-state index contributed by atoms with van der Waals surface area (Å²) in [4.78, 5) is 26.6. The Balaban J connectivity index is 1.64. The maximum Gasteiger partial charge on any atom is 0.254 e. The summed E-state index contributed by atoms with van der Waals surface area (Å²) in [6.07, 6.45) is 2.91. The summed E-state index contributed by atoms with van der Waals surface area (Å²) in [5, 5.41) is 2.89. The average Bonchev–Trinajstić information content (AvgIpc) is 2.67. The van der Waals surface area contributed by atoms with Gasteiger partial charge >= 0.3 is 0 Å². The Kier molecular flexibility index (Phi) is 5.49. The molecule has 0 fully saturated rings. The molecule has 0 spiro atoms. The van der Waals surface area contributed by atoms with E-state index in [9.17, 15) is 9.59 Å². The third-order valence-corrected chi connectivity index (χ3v) is 4.63. The maximum atomic E-state index is 12.7. The van der Waals surface area contributed by atoms with Crippen molar-refractivity contribution in [2.45, 2.75) is 32.7 Å². The van der Waals surface area contributed by atoms with Gasteiger partial charge in [-0.2, -0.15) is 0 Å². The second-order valence-corrected chi connectivity index (χ2v) is 6.43. The predicted molar refractivity (Wildman–Crippen MR) is 98.6 cm³/mol. The minimum absolute atomic E-state index is 0.0208. The smallest absolute Gasteiger partial charge is 0.254 e. The summed E-state index contributed by atoms with van der Waals surface area (Å²) >= 11 is 0. The highest BCUT2D eigenvalue weighted by atomic mass is 16.2. The first-order chi connectivity index (χ1) is 12.2. The van der Waals surface area contributed by atoms with Gasteiger partial charge in [0.25, 0.3) is 11.8 Å². The first-order valence-corrected chi connectivity index (χ1v) is 8.93. The van der Waals surface area contributed by atoms with Gasteiger partial charge in [0.15, 0.2) is 0 Å². The molecule has 2 aromatic rings. The van der Waals surface area contributed by atoms with Crippen molar-refractivity contribution in [3.63, 3.8) is 0 Å². The fourth-order valence-electron chi connectivity index (χ4n) is 3.10. The molecule has 0 unspecified atom stereocenters. The van der Waals surface area contributed by atoms with Crippen molar-refractivity contribution < 1.29 is 9.59 Å². The third-order valence-electron chi connectivity index (χ3n) is 4.63. The highest BCUT2D eigenvalue weighted by Gasteiger charge is 2.21. The van der Waals surface area contributed by atoms with Crippen LogP contribution >= 0.6 is 0 Å². The van der Waals surface area contributed by atoms with Gasteiger partial charge in [-0.05, 0) is 48.2 Å². The standard InChI is InChI=1S/C21H24N2O2/c1-2-3-13-22-20(24)17-8-10-18(11-9-17)21(25)23-14-12-16-6-4-5-7-19(16)15-23/h4-11H,2-3,12-15H2,1H3,(H,22,24). The zero-order chi connectivity index (χ0) is 17.6. The van der Waals surface area contributed by atoms with E-state index >= 15 is 0 Å². The number of hydrogen-bond acceptors (Lipinski definition) is 2. The fraction of sp³-hybridized carbons (Fsp3) is 0.333. The van der Waals surface area contributed by atoms with E-state index in [2.05, 4.69) is 24.4 Å². The highest BCUT2D eigenvalue weighted by Crippen LogP contribution is 2.20. The van der Waals surface area contributed by atoms with Gasteiger partial charge in [0.2, 0.25) is 0 Å². The largest absolute Gasteiger partial charge is 0.352 e. The van der Waals surface area contributed by atoms with Gasteiger partial charge in [-0.1, -0.05) is 37.6 Å². The van der Waals surface area contributed by atoms with E-state index in [1.165, 1.54) is 11.1 Å². The van der Waals surface area contributed by atoms with Gasteiger partial charge in [0.05, 0.1) is 0 Å². The van der Waals surface area contributed by atoms with Gasteiger partial charge < -0.3 is 10.2 Å². The lowest BCUT2D eigenvalue weighted by Gasteiger charge is -2.29. The van der Waals surface area contributed by atoms with E-state index in [-0.39, 0.29) is 11.8 Å². The molecule has 25 heavy (non-hydrogen) atoms. The number of carbonyl (C=O) groups is 2. The molecule has 0 radical (unpaired) electrons. The molecule has 0 aromatic heterocycles. The molecular weight excluding hydrogens is 312 g/mol. The number of nitrogens with zero attached hydrogens (tertiary/aromatic N) is 1. The molecule has 0 atom stereocenters. The van der Waals surface area contributed by atoms with Crippen molar-refractivity contribution in [1.82, 2.24) is 10.2 Å². The van der Waals surface area contributed by atoms with Crippen molar-refractivity contribution in [3.05, 3.63) is 70.8 Å². The number of amides is 2. The van der Waals surface area contributed by atoms with Crippen molar-refractivity contribution in [1.29, 1.82) is 0 Å². The number of benzene rings is 2. The Labute approximate surface area is 148 Å². The minimum atomic E-state index is -0.0839. The molecule has 1 N–H and O–H groups in total. The highest BCUT2D eigenvalue weighted by molar-refractivity contribution is 5.97. The number of nitrogens with one attached hydrogen (secondary N) is 1. The fourth-order valence-corrected chi connectivity index (χ4v) is 3.10. The molecule has 3 rings (SSSR count). The molecule has 0 aliphatic carbocycles. The van der Waals surface area contributed by atoms with Crippen LogP contribution in [-0.4, -0.2) is 29.8 Å². The third kappa shape index (κ3) is 4.08. The quantitative estimate of drug-likeness (QED) is 0.851. The Bertz CT molecular complexity index is 753. The normalized spacial score (nSPS) is 13.2. The van der Waals surface area contributed by atoms with Gasteiger partial charge in [0, 0.05) is 30.8 Å². The summed E-state index contributed by atoms with van der Waals surface area (Å²) in [7, 11) is 0. The topological polar surface area (TPSA) is 49.4 Å². The minimum Gasteiger partial charge on any atom is -0.352 e. The van der Waals surface area contributed by atoms with Gasteiger partial charge in [-0.3, -0.25) is 9.59 Å². The van der Waals surface area contributed by atoms with Crippen molar-refractivity contribution in [2.24, 2.45) is 0 Å². The molecule has 2 amide bonds. The Morgan fingerprint density at radius 2 is 1.68 bits per heavy atom. The van der Waals surface area contributed by atoms with Gasteiger partial charge in [-0.15, -0.1) is 0 Å². The molecule has 2 aromatic carbocycles. The van der Waals surface area contributed by atoms with Crippen LogP contribution in [0, 0.1) is 0 Å². The van der Waals surface area contributed by atoms with Crippen LogP contribution in [0.3, 0.4) is 0 Å². The number of hydrogen-bond donors (Lipinski definition) is 1. The summed E-state index contributed by atoms with van der Waals surface area (Å²) < 4.78 is 0. The molecule has 0 bridgehead atoms. The Morgan fingerprint density at radius 1 is 1.00 bits per heavy atom. The van der Waals surface area contributed by atoms with Crippen LogP contribution in [-0.2, 0) is 13.0 Å². The summed E-state index contributed by atoms with van der Waals surface area (Å²) in [5.74, 6) is -0.0632. The zero-order valence-corrected chi connectivity index (χ0v) is 14.6. The van der Waals surface area contributed by atoms with Crippen LogP contribution in [0.25, 0.3) is 0 Å². The van der Waals surface area contributed by atoms with Crippen molar-refractivity contribution in [3.8, 4) is 0 Å². The van der Waals surface area contributed by atoms with Crippen LogP contribution in [0.2, 0.25) is 0 Å². The average molecular weight is 336 g/mol. The number of carbonyl (C=O) groups excluding carboxylic acids is 2. The molecule has 4 nitrogen and oxygen atoms in total. The second kappa shape index (κ2) is 7.97. The second-order valence-electron chi connectivity index (χ2n) is 6.43. The van der Waals surface area contributed by atoms with E-state index in [1.807, 2.05) is 17.0 Å². The molecule has 1 aliphatic heterocycles. The van der Waals surface area contributed by atoms with E-state index < -0.39 is 0 Å². The molecule has 1 aliphatic rings. The SMILES string of the molecule is CCCCNC(=O)c1ccc(C(=O)N2CCc3ccccc3C2)cc1. The molecular formula is C21H24N2O2. The van der Waals surface area contributed by atoms with Gasteiger partial charge in [-0.25, -0.2) is 0 Å². The van der Waals surface area contributed by atoms with Crippen molar-refractivity contribution >= 4 is 11.8 Å². The molecule has 1 heterocycles. The maximum absolute atomic E-state index is 12.7. The number of unbranched alkanes of at least 4 members (excludes halogenated alkanes) is 1. The monoisotopic (exact) mass is 336 g/mol. The zero-order valence-electron chi connectivity index (χ0n) is 14.6. The molecule has 0 saturated heterocycles. The summed E-state index contributed by atoms with van der Waals surface area (Å²) in [5.41, 5.74) is 3.76. The molecule has 130 valence electrons. The number of rotatable bonds is 5. The van der Waals surface area contributed by atoms with E-state index in [0.29, 0.717) is 24.2 Å². The van der Waals surface area contributed by atoms with E-state index in [1.54, 1.807) is 24.3 Å². The van der Waals surface area contributed by atoms with Gasteiger partial charge in [0.1, 0.15) is 0 Å².